The minimum absolute atomic E-state index is 0.00534. The average molecular weight is 457 g/mol. The fourth-order valence-corrected chi connectivity index (χ4v) is 4.00. The predicted octanol–water partition coefficient (Wildman–Crippen LogP) is 5.38. The highest BCUT2D eigenvalue weighted by Gasteiger charge is 2.29. The van der Waals surface area contributed by atoms with Crippen LogP contribution in [-0.4, -0.2) is 24.7 Å². The van der Waals surface area contributed by atoms with E-state index in [1.54, 1.807) is 19.3 Å². The number of halogens is 3. The number of benzene rings is 2. The van der Waals surface area contributed by atoms with E-state index in [1.807, 2.05) is 36.4 Å². The monoisotopic (exact) mass is 457 g/mol. The van der Waals surface area contributed by atoms with Crippen molar-refractivity contribution in [1.82, 2.24) is 14.1 Å². The summed E-state index contributed by atoms with van der Waals surface area (Å²) < 4.78 is 40.2. The summed E-state index contributed by atoms with van der Waals surface area (Å²) in [5.74, 6) is -0.262. The number of hydrogen-bond donors (Lipinski definition) is 1. The van der Waals surface area contributed by atoms with Gasteiger partial charge in [0, 0.05) is 22.9 Å². The molecule has 5 nitrogen and oxygen atoms in total. The summed E-state index contributed by atoms with van der Waals surface area (Å²) in [5.41, 5.74) is -1.62. The van der Waals surface area contributed by atoms with Gasteiger partial charge in [-0.05, 0) is 60.1 Å². The number of aromatic nitrogens is 3. The molecule has 2 heterocycles. The van der Waals surface area contributed by atoms with E-state index in [2.05, 4.69) is 4.98 Å². The Morgan fingerprint density at radius 2 is 1.72 bits per heavy atom. The van der Waals surface area contributed by atoms with Gasteiger partial charge < -0.3 is 5.11 Å². The van der Waals surface area contributed by atoms with Gasteiger partial charge in [-0.3, -0.25) is 9.55 Å². The molecule has 0 amide bonds. The number of alkyl halides is 3. The van der Waals surface area contributed by atoms with Crippen molar-refractivity contribution < 1.29 is 18.3 Å². The molecule has 4 rings (SSSR count). The van der Waals surface area contributed by atoms with Gasteiger partial charge in [0.05, 0.1) is 17.9 Å². The lowest BCUT2D eigenvalue weighted by Gasteiger charge is -2.10. The van der Waals surface area contributed by atoms with Crippen molar-refractivity contribution in [2.24, 2.45) is 0 Å². The quantitative estimate of drug-likeness (QED) is 0.409. The largest absolute Gasteiger partial charge is 0.493 e. The molecule has 0 saturated heterocycles. The highest BCUT2D eigenvalue weighted by atomic mass is 32.2. The molecule has 1 N–H and O–H groups in total. The molecule has 0 fully saturated rings. The second-order valence-electron chi connectivity index (χ2n) is 7.05. The first-order valence-electron chi connectivity index (χ1n) is 9.60. The van der Waals surface area contributed by atoms with Crippen LogP contribution in [0.15, 0.2) is 82.7 Å². The summed E-state index contributed by atoms with van der Waals surface area (Å²) in [4.78, 5) is 17.3. The third kappa shape index (κ3) is 4.43. The lowest BCUT2D eigenvalue weighted by atomic mass is 10.0. The summed E-state index contributed by atoms with van der Waals surface area (Å²) in [7, 11) is 0. The van der Waals surface area contributed by atoms with E-state index < -0.39 is 11.2 Å². The highest BCUT2D eigenvalue weighted by Crippen LogP contribution is 2.37. The van der Waals surface area contributed by atoms with Crippen LogP contribution in [0.5, 0.6) is 5.88 Å². The molecular weight excluding hydrogens is 439 g/mol. The Balaban J connectivity index is 1.71. The van der Waals surface area contributed by atoms with Crippen molar-refractivity contribution in [1.29, 1.82) is 0 Å². The number of aromatic hydroxyl groups is 1. The maximum absolute atomic E-state index is 13.1. The molecule has 2 aromatic carbocycles. The van der Waals surface area contributed by atoms with E-state index in [0.717, 1.165) is 21.3 Å². The van der Waals surface area contributed by atoms with Crippen molar-refractivity contribution in [2.75, 3.05) is 0 Å². The molecule has 4 aromatic rings. The molecule has 0 aliphatic heterocycles. The van der Waals surface area contributed by atoms with Gasteiger partial charge in [-0.15, -0.1) is 0 Å². The smallest absolute Gasteiger partial charge is 0.446 e. The number of hydrogen-bond acceptors (Lipinski definition) is 4. The molecule has 0 aliphatic rings. The summed E-state index contributed by atoms with van der Waals surface area (Å²) in [6.07, 6.45) is 3.36. The summed E-state index contributed by atoms with van der Waals surface area (Å²) in [6.45, 7) is 1.81. The zero-order chi connectivity index (χ0) is 22.9. The lowest BCUT2D eigenvalue weighted by Crippen LogP contribution is -2.24. The Labute approximate surface area is 185 Å². The molecule has 2 aromatic heterocycles. The van der Waals surface area contributed by atoms with E-state index in [4.69, 9.17) is 0 Å². The molecule has 0 spiro atoms. The van der Waals surface area contributed by atoms with Crippen LogP contribution in [0.3, 0.4) is 0 Å². The van der Waals surface area contributed by atoms with Gasteiger partial charge in [-0.1, -0.05) is 30.3 Å². The first kappa shape index (κ1) is 21.8. The molecule has 0 saturated carbocycles. The Kier molecular flexibility index (Phi) is 5.84. The van der Waals surface area contributed by atoms with E-state index in [9.17, 15) is 23.1 Å². The fourth-order valence-electron chi connectivity index (χ4n) is 3.46. The molecule has 32 heavy (non-hydrogen) atoms. The van der Waals surface area contributed by atoms with Crippen LogP contribution in [0.2, 0.25) is 0 Å². The van der Waals surface area contributed by atoms with Crippen molar-refractivity contribution >= 4 is 11.8 Å². The Hall–Kier alpha value is -3.46. The Morgan fingerprint density at radius 3 is 2.38 bits per heavy atom. The van der Waals surface area contributed by atoms with E-state index in [-0.39, 0.29) is 34.8 Å². The lowest BCUT2D eigenvalue weighted by molar-refractivity contribution is -0.0328. The number of rotatable bonds is 5. The van der Waals surface area contributed by atoms with Crippen LogP contribution < -0.4 is 5.69 Å². The standard InChI is InChI=1S/C23H18F3N3O2S/c1-15-21(30)29(18-7-9-19(10-8-18)32-23(24,25)26)22(31)28(15)14-17-11-12-27-13-20(17)16-5-3-2-4-6-16/h2-13,30H,14H2,1H3. The first-order valence-corrected chi connectivity index (χ1v) is 10.4. The SMILES string of the molecule is Cc1c(O)n(-c2ccc(SC(F)(F)F)cc2)c(=O)n1Cc1ccncc1-c1ccccc1. The second kappa shape index (κ2) is 8.58. The molecule has 0 unspecified atom stereocenters. The van der Waals surface area contributed by atoms with Crippen molar-refractivity contribution in [3.63, 3.8) is 0 Å². The molecular formula is C23H18F3N3O2S. The van der Waals surface area contributed by atoms with Gasteiger partial charge >= 0.3 is 11.2 Å². The third-order valence-electron chi connectivity index (χ3n) is 5.02. The predicted molar refractivity (Wildman–Crippen MR) is 117 cm³/mol. The number of thioether (sulfide) groups is 1. The zero-order valence-electron chi connectivity index (χ0n) is 16.9. The van der Waals surface area contributed by atoms with Crippen molar-refractivity contribution in [3.8, 4) is 22.7 Å². The van der Waals surface area contributed by atoms with Crippen molar-refractivity contribution in [2.45, 2.75) is 23.9 Å². The van der Waals surface area contributed by atoms with Crippen LogP contribution in [0.1, 0.15) is 11.3 Å². The minimum Gasteiger partial charge on any atom is -0.493 e. The Bertz CT molecular complexity index is 1300. The number of imidazole rings is 1. The summed E-state index contributed by atoms with van der Waals surface area (Å²) in [6, 6.07) is 16.7. The first-order chi connectivity index (χ1) is 15.2. The van der Waals surface area contributed by atoms with E-state index in [0.29, 0.717) is 5.69 Å². The van der Waals surface area contributed by atoms with Crippen LogP contribution in [-0.2, 0) is 6.54 Å². The van der Waals surface area contributed by atoms with Gasteiger partial charge in [0.15, 0.2) is 0 Å². The highest BCUT2D eigenvalue weighted by molar-refractivity contribution is 8.00. The van der Waals surface area contributed by atoms with Crippen LogP contribution in [0, 0.1) is 6.92 Å². The maximum Gasteiger partial charge on any atom is 0.446 e. The summed E-state index contributed by atoms with van der Waals surface area (Å²) in [5, 5.41) is 10.6. The molecule has 9 heteroatoms. The van der Waals surface area contributed by atoms with Crippen LogP contribution in [0.25, 0.3) is 16.8 Å². The van der Waals surface area contributed by atoms with E-state index >= 15 is 0 Å². The molecule has 0 bridgehead atoms. The van der Waals surface area contributed by atoms with E-state index in [1.165, 1.54) is 28.8 Å². The normalized spacial score (nSPS) is 11.6. The van der Waals surface area contributed by atoms with Gasteiger partial charge in [0.1, 0.15) is 0 Å². The molecule has 0 radical (unpaired) electrons. The number of nitrogens with zero attached hydrogens (tertiary/aromatic N) is 3. The zero-order valence-corrected chi connectivity index (χ0v) is 17.7. The topological polar surface area (TPSA) is 60.1 Å². The fraction of sp³-hybridized carbons (Fsp3) is 0.130. The van der Waals surface area contributed by atoms with Gasteiger partial charge in [0.2, 0.25) is 5.88 Å². The van der Waals surface area contributed by atoms with Gasteiger partial charge in [-0.25, -0.2) is 9.36 Å². The summed E-state index contributed by atoms with van der Waals surface area (Å²) >= 11 is -0.238. The minimum atomic E-state index is -4.40. The second-order valence-corrected chi connectivity index (χ2v) is 8.19. The van der Waals surface area contributed by atoms with Crippen LogP contribution in [0.4, 0.5) is 13.2 Å². The Morgan fingerprint density at radius 1 is 1.03 bits per heavy atom. The molecule has 164 valence electrons. The van der Waals surface area contributed by atoms with Crippen LogP contribution >= 0.6 is 11.8 Å². The maximum atomic E-state index is 13.1. The molecule has 0 aliphatic carbocycles. The molecule has 0 atom stereocenters. The van der Waals surface area contributed by atoms with Gasteiger partial charge in [0.25, 0.3) is 0 Å². The average Bonchev–Trinajstić information content (AvgIpc) is 2.97. The van der Waals surface area contributed by atoms with Gasteiger partial charge in [-0.2, -0.15) is 13.2 Å². The third-order valence-corrected chi connectivity index (χ3v) is 5.75. The van der Waals surface area contributed by atoms with Crippen molar-refractivity contribution in [3.05, 3.63) is 94.8 Å². The number of pyridine rings is 1.